The number of nitrogens with one attached hydrogen (secondary N) is 1. The fourth-order valence-electron chi connectivity index (χ4n) is 4.50. The fraction of sp³-hybridized carbons (Fsp3) is 0.259. The zero-order valence-electron chi connectivity index (χ0n) is 18.5. The van der Waals surface area contributed by atoms with Gasteiger partial charge in [-0.2, -0.15) is 0 Å². The van der Waals surface area contributed by atoms with E-state index in [0.29, 0.717) is 12.4 Å². The number of hydrogen-bond acceptors (Lipinski definition) is 3. The molecule has 1 unspecified atom stereocenters. The third-order valence-electron chi connectivity index (χ3n) is 6.19. The van der Waals surface area contributed by atoms with Crippen LogP contribution in [0, 0.1) is 6.92 Å². The predicted octanol–water partition coefficient (Wildman–Crippen LogP) is 6.73. The van der Waals surface area contributed by atoms with Crippen LogP contribution in [0.15, 0.2) is 71.1 Å². The second-order valence-electron chi connectivity index (χ2n) is 8.40. The molecule has 1 fully saturated rings. The summed E-state index contributed by atoms with van der Waals surface area (Å²) < 4.78 is 6.11. The van der Waals surface area contributed by atoms with Gasteiger partial charge in [0.05, 0.1) is 0 Å². The molecule has 1 N–H and O–H groups in total. The number of aromatic nitrogens is 1. The summed E-state index contributed by atoms with van der Waals surface area (Å²) in [7, 11) is 0. The molecule has 0 spiro atoms. The Kier molecular flexibility index (Phi) is 5.39. The molecule has 0 aliphatic carbocycles. The maximum Gasteiger partial charge on any atom is 0.322 e. The molecule has 2 amide bonds. The first-order chi connectivity index (χ1) is 15.6. The monoisotopic (exact) mass is 425 g/mol. The summed E-state index contributed by atoms with van der Waals surface area (Å²) in [5, 5.41) is 3.09. The van der Waals surface area contributed by atoms with Crippen LogP contribution in [-0.2, 0) is 6.42 Å². The number of hydrogen-bond donors (Lipinski definition) is 1. The number of oxazole rings is 1. The van der Waals surface area contributed by atoms with E-state index in [1.54, 1.807) is 0 Å². The van der Waals surface area contributed by atoms with Crippen molar-refractivity contribution in [1.29, 1.82) is 0 Å². The van der Waals surface area contributed by atoms with E-state index >= 15 is 0 Å². The number of rotatable bonds is 4. The van der Waals surface area contributed by atoms with Crippen LogP contribution in [0.4, 0.5) is 10.5 Å². The van der Waals surface area contributed by atoms with Crippen molar-refractivity contribution in [1.82, 2.24) is 9.88 Å². The van der Waals surface area contributed by atoms with Gasteiger partial charge < -0.3 is 14.6 Å². The second kappa shape index (κ2) is 8.50. The van der Waals surface area contributed by atoms with E-state index < -0.39 is 0 Å². The lowest BCUT2D eigenvalue weighted by atomic mass is 10.0. The topological polar surface area (TPSA) is 58.4 Å². The van der Waals surface area contributed by atoms with Gasteiger partial charge in [0.15, 0.2) is 5.58 Å². The van der Waals surface area contributed by atoms with E-state index in [0.717, 1.165) is 52.7 Å². The lowest BCUT2D eigenvalue weighted by Crippen LogP contribution is -2.34. The molecule has 4 aromatic rings. The van der Waals surface area contributed by atoms with Crippen LogP contribution in [0.1, 0.15) is 42.8 Å². The molecule has 1 aliphatic heterocycles. The summed E-state index contributed by atoms with van der Waals surface area (Å²) in [4.78, 5) is 19.7. The Morgan fingerprint density at radius 2 is 1.94 bits per heavy atom. The smallest absolute Gasteiger partial charge is 0.322 e. The van der Waals surface area contributed by atoms with Gasteiger partial charge in [-0.3, -0.25) is 0 Å². The first kappa shape index (κ1) is 20.3. The summed E-state index contributed by atoms with van der Waals surface area (Å²) in [5.74, 6) is 0.609. The average molecular weight is 426 g/mol. The quantitative estimate of drug-likeness (QED) is 0.394. The Bertz CT molecular complexity index is 1280. The molecule has 5 nitrogen and oxygen atoms in total. The van der Waals surface area contributed by atoms with Crippen LogP contribution >= 0.6 is 0 Å². The molecule has 3 aromatic carbocycles. The number of aryl methyl sites for hydroxylation is 2. The van der Waals surface area contributed by atoms with Crippen molar-refractivity contribution in [3.8, 4) is 11.1 Å². The van der Waals surface area contributed by atoms with Crippen molar-refractivity contribution >= 4 is 22.8 Å². The van der Waals surface area contributed by atoms with Gasteiger partial charge in [-0.1, -0.05) is 61.0 Å². The lowest BCUT2D eigenvalue weighted by molar-refractivity contribution is 0.199. The van der Waals surface area contributed by atoms with Crippen molar-refractivity contribution < 1.29 is 9.21 Å². The average Bonchev–Trinajstić information content (AvgIpc) is 3.46. The highest BCUT2D eigenvalue weighted by molar-refractivity contribution is 5.90. The second-order valence-corrected chi connectivity index (χ2v) is 8.40. The van der Waals surface area contributed by atoms with Gasteiger partial charge in [-0.05, 0) is 61.1 Å². The molecular weight excluding hydrogens is 398 g/mol. The highest BCUT2D eigenvalue weighted by Crippen LogP contribution is 2.35. The number of carbonyl (C=O) groups excluding carboxylic acids is 1. The van der Waals surface area contributed by atoms with Crippen molar-refractivity contribution in [3.05, 3.63) is 83.7 Å². The van der Waals surface area contributed by atoms with E-state index in [1.165, 1.54) is 5.56 Å². The van der Waals surface area contributed by atoms with Crippen LogP contribution in [0.5, 0.6) is 0 Å². The molecule has 5 heteroatoms. The molecule has 32 heavy (non-hydrogen) atoms. The third kappa shape index (κ3) is 3.86. The fourth-order valence-corrected chi connectivity index (χ4v) is 4.50. The standard InChI is InChI=1S/C27H27N3O2/c1-3-19-9-4-5-11-22(19)29-27(31)30-15-7-12-24(30)26-28-23-17-21(13-14-25(23)32-26)20-10-6-8-18(2)16-20/h4-6,8-11,13-14,16-17,24H,3,7,12,15H2,1-2H3,(H,29,31). The van der Waals surface area contributed by atoms with Crippen LogP contribution < -0.4 is 5.32 Å². The summed E-state index contributed by atoms with van der Waals surface area (Å²) in [6, 6.07) is 22.2. The SMILES string of the molecule is CCc1ccccc1NC(=O)N1CCCC1c1nc2cc(-c3cccc(C)c3)ccc2o1. The van der Waals surface area contributed by atoms with Crippen LogP contribution in [0.3, 0.4) is 0 Å². The number of nitrogens with zero attached hydrogens (tertiary/aromatic N) is 2. The molecule has 1 aromatic heterocycles. The Morgan fingerprint density at radius 1 is 1.09 bits per heavy atom. The van der Waals surface area contributed by atoms with Crippen molar-refractivity contribution in [3.63, 3.8) is 0 Å². The van der Waals surface area contributed by atoms with Crippen LogP contribution in [0.25, 0.3) is 22.2 Å². The first-order valence-corrected chi connectivity index (χ1v) is 11.3. The molecule has 0 saturated carbocycles. The number of urea groups is 1. The maximum absolute atomic E-state index is 13.1. The molecular formula is C27H27N3O2. The van der Waals surface area contributed by atoms with Gasteiger partial charge in [0.2, 0.25) is 5.89 Å². The highest BCUT2D eigenvalue weighted by atomic mass is 16.4. The minimum atomic E-state index is -0.154. The molecule has 0 radical (unpaired) electrons. The van der Waals surface area contributed by atoms with Gasteiger partial charge in [0.25, 0.3) is 0 Å². The zero-order valence-corrected chi connectivity index (χ0v) is 18.5. The van der Waals surface area contributed by atoms with E-state index in [4.69, 9.17) is 9.40 Å². The van der Waals surface area contributed by atoms with Gasteiger partial charge in [0, 0.05) is 12.2 Å². The Morgan fingerprint density at radius 3 is 2.78 bits per heavy atom. The number of para-hydroxylation sites is 1. The van der Waals surface area contributed by atoms with Crippen LogP contribution in [0.2, 0.25) is 0 Å². The molecule has 1 atom stereocenters. The van der Waals surface area contributed by atoms with Gasteiger partial charge >= 0.3 is 6.03 Å². The first-order valence-electron chi connectivity index (χ1n) is 11.3. The molecule has 0 bridgehead atoms. The number of carbonyl (C=O) groups is 1. The minimum Gasteiger partial charge on any atom is -0.438 e. The zero-order chi connectivity index (χ0) is 22.1. The number of fused-ring (bicyclic) bond motifs is 1. The van der Waals surface area contributed by atoms with E-state index in [9.17, 15) is 4.79 Å². The van der Waals surface area contributed by atoms with E-state index in [2.05, 4.69) is 55.6 Å². The molecule has 162 valence electrons. The third-order valence-corrected chi connectivity index (χ3v) is 6.19. The van der Waals surface area contributed by atoms with Gasteiger partial charge in [-0.15, -0.1) is 0 Å². The Hall–Kier alpha value is -3.60. The molecule has 2 heterocycles. The number of anilines is 1. The van der Waals surface area contributed by atoms with Crippen LogP contribution in [-0.4, -0.2) is 22.5 Å². The number of amides is 2. The molecule has 1 aliphatic rings. The maximum atomic E-state index is 13.1. The summed E-state index contributed by atoms with van der Waals surface area (Å²) in [6.07, 6.45) is 2.65. The van der Waals surface area contributed by atoms with E-state index in [1.807, 2.05) is 35.2 Å². The van der Waals surface area contributed by atoms with Gasteiger partial charge in [0.1, 0.15) is 11.6 Å². The Balaban J connectivity index is 1.40. The van der Waals surface area contributed by atoms with Crippen molar-refractivity contribution in [2.45, 2.75) is 39.2 Å². The lowest BCUT2D eigenvalue weighted by Gasteiger charge is -2.23. The molecule has 5 rings (SSSR count). The summed E-state index contributed by atoms with van der Waals surface area (Å²) in [6.45, 7) is 4.87. The van der Waals surface area contributed by atoms with Gasteiger partial charge in [-0.25, -0.2) is 9.78 Å². The highest BCUT2D eigenvalue weighted by Gasteiger charge is 2.34. The van der Waals surface area contributed by atoms with Crippen molar-refractivity contribution in [2.75, 3.05) is 11.9 Å². The molecule has 1 saturated heterocycles. The minimum absolute atomic E-state index is 0.101. The van der Waals surface area contributed by atoms with E-state index in [-0.39, 0.29) is 12.1 Å². The summed E-state index contributed by atoms with van der Waals surface area (Å²) >= 11 is 0. The number of benzene rings is 3. The largest absolute Gasteiger partial charge is 0.438 e. The number of likely N-dealkylation sites (tertiary alicyclic amines) is 1. The Labute approximate surface area is 188 Å². The predicted molar refractivity (Wildman–Crippen MR) is 128 cm³/mol. The normalized spacial score (nSPS) is 15.9. The van der Waals surface area contributed by atoms with Crippen molar-refractivity contribution in [2.24, 2.45) is 0 Å². The summed E-state index contributed by atoms with van der Waals surface area (Å²) in [5.41, 5.74) is 7.06.